The first-order valence-corrected chi connectivity index (χ1v) is 7.06. The minimum atomic E-state index is 0.594. The van der Waals surface area contributed by atoms with Gasteiger partial charge in [0.1, 0.15) is 6.07 Å². The number of aromatic nitrogens is 1. The number of rotatable bonds is 5. The summed E-state index contributed by atoms with van der Waals surface area (Å²) in [7, 11) is 0. The van der Waals surface area contributed by atoms with Crippen LogP contribution in [0, 0.1) is 11.3 Å². The number of nitrogens with one attached hydrogen (secondary N) is 1. The van der Waals surface area contributed by atoms with E-state index in [1.807, 2.05) is 13.0 Å². The van der Waals surface area contributed by atoms with E-state index in [9.17, 15) is 5.26 Å². The van der Waals surface area contributed by atoms with Gasteiger partial charge in [0.05, 0.1) is 16.8 Å². The molecule has 104 valence electrons. The third-order valence-electron chi connectivity index (χ3n) is 3.45. The van der Waals surface area contributed by atoms with Crippen molar-refractivity contribution >= 4 is 22.3 Å². The zero-order valence-corrected chi connectivity index (χ0v) is 12.3. The van der Waals surface area contributed by atoms with Gasteiger partial charge in [0, 0.05) is 36.9 Å². The van der Waals surface area contributed by atoms with Crippen LogP contribution in [0.5, 0.6) is 0 Å². The SMILES string of the molecule is CCNc1c(C#N)cnc2ccc(N(CC)CC)cc12. The van der Waals surface area contributed by atoms with Gasteiger partial charge in [-0.1, -0.05) is 0 Å². The Kier molecular flexibility index (Phi) is 4.41. The predicted molar refractivity (Wildman–Crippen MR) is 84.2 cm³/mol. The van der Waals surface area contributed by atoms with E-state index < -0.39 is 0 Å². The van der Waals surface area contributed by atoms with Crippen molar-refractivity contribution < 1.29 is 0 Å². The van der Waals surface area contributed by atoms with Crippen molar-refractivity contribution in [1.29, 1.82) is 5.26 Å². The molecule has 0 spiro atoms. The summed E-state index contributed by atoms with van der Waals surface area (Å²) < 4.78 is 0. The van der Waals surface area contributed by atoms with Crippen LogP contribution in [0.2, 0.25) is 0 Å². The molecule has 0 saturated carbocycles. The molecule has 0 saturated heterocycles. The number of anilines is 2. The summed E-state index contributed by atoms with van der Waals surface area (Å²) in [6.07, 6.45) is 1.64. The third-order valence-corrected chi connectivity index (χ3v) is 3.45. The molecular formula is C16H20N4. The van der Waals surface area contributed by atoms with E-state index in [0.717, 1.165) is 36.2 Å². The van der Waals surface area contributed by atoms with E-state index in [0.29, 0.717) is 5.56 Å². The quantitative estimate of drug-likeness (QED) is 0.903. The van der Waals surface area contributed by atoms with Gasteiger partial charge >= 0.3 is 0 Å². The second-order valence-electron chi connectivity index (χ2n) is 4.56. The van der Waals surface area contributed by atoms with Crippen molar-refractivity contribution in [3.05, 3.63) is 30.0 Å². The predicted octanol–water partition coefficient (Wildman–Crippen LogP) is 3.38. The van der Waals surface area contributed by atoms with Crippen molar-refractivity contribution in [2.24, 2.45) is 0 Å². The zero-order valence-electron chi connectivity index (χ0n) is 12.3. The molecule has 1 N–H and O–H groups in total. The monoisotopic (exact) mass is 268 g/mol. The molecule has 1 aromatic carbocycles. The molecule has 4 nitrogen and oxygen atoms in total. The van der Waals surface area contributed by atoms with E-state index in [2.05, 4.69) is 47.3 Å². The van der Waals surface area contributed by atoms with E-state index in [-0.39, 0.29) is 0 Å². The molecule has 0 unspecified atom stereocenters. The summed E-state index contributed by atoms with van der Waals surface area (Å²) in [5.74, 6) is 0. The Hall–Kier alpha value is -2.28. The van der Waals surface area contributed by atoms with Crippen LogP contribution in [0.3, 0.4) is 0 Å². The highest BCUT2D eigenvalue weighted by Crippen LogP contribution is 2.29. The van der Waals surface area contributed by atoms with Crippen LogP contribution in [-0.4, -0.2) is 24.6 Å². The molecule has 0 aliphatic rings. The Labute approximate surface area is 120 Å². The fourth-order valence-corrected chi connectivity index (χ4v) is 2.42. The molecule has 1 heterocycles. The smallest absolute Gasteiger partial charge is 0.103 e. The Bertz CT molecular complexity index is 639. The maximum absolute atomic E-state index is 9.23. The average Bonchev–Trinajstić information content (AvgIpc) is 2.49. The van der Waals surface area contributed by atoms with Crippen LogP contribution >= 0.6 is 0 Å². The van der Waals surface area contributed by atoms with Gasteiger partial charge in [-0.15, -0.1) is 0 Å². The lowest BCUT2D eigenvalue weighted by Gasteiger charge is -2.22. The second-order valence-corrected chi connectivity index (χ2v) is 4.56. The molecule has 0 amide bonds. The molecule has 20 heavy (non-hydrogen) atoms. The molecule has 4 heteroatoms. The number of hydrogen-bond donors (Lipinski definition) is 1. The van der Waals surface area contributed by atoms with Gasteiger partial charge in [-0.2, -0.15) is 5.26 Å². The highest BCUT2D eigenvalue weighted by atomic mass is 15.1. The maximum atomic E-state index is 9.23. The fourth-order valence-electron chi connectivity index (χ4n) is 2.42. The van der Waals surface area contributed by atoms with Crippen LogP contribution in [0.25, 0.3) is 10.9 Å². The molecule has 2 rings (SSSR count). The number of benzene rings is 1. The largest absolute Gasteiger partial charge is 0.384 e. The number of nitriles is 1. The van der Waals surface area contributed by atoms with Gasteiger partial charge < -0.3 is 10.2 Å². The summed E-state index contributed by atoms with van der Waals surface area (Å²) in [6.45, 7) is 9.02. The average molecular weight is 268 g/mol. The summed E-state index contributed by atoms with van der Waals surface area (Å²) in [5, 5.41) is 13.5. The normalized spacial score (nSPS) is 10.3. The summed E-state index contributed by atoms with van der Waals surface area (Å²) in [4.78, 5) is 6.65. The molecular weight excluding hydrogens is 248 g/mol. The van der Waals surface area contributed by atoms with Gasteiger partial charge in [0.25, 0.3) is 0 Å². The Balaban J connectivity index is 2.64. The van der Waals surface area contributed by atoms with Crippen molar-refractivity contribution in [3.63, 3.8) is 0 Å². The second kappa shape index (κ2) is 6.25. The molecule has 0 aliphatic carbocycles. The minimum Gasteiger partial charge on any atom is -0.384 e. The number of pyridine rings is 1. The lowest BCUT2D eigenvalue weighted by molar-refractivity contribution is 0.867. The van der Waals surface area contributed by atoms with E-state index in [1.165, 1.54) is 5.69 Å². The van der Waals surface area contributed by atoms with Crippen molar-refractivity contribution in [2.45, 2.75) is 20.8 Å². The van der Waals surface area contributed by atoms with Crippen LogP contribution < -0.4 is 10.2 Å². The number of fused-ring (bicyclic) bond motifs is 1. The first-order chi connectivity index (χ1) is 9.74. The topological polar surface area (TPSA) is 52.0 Å². The molecule has 1 aromatic heterocycles. The van der Waals surface area contributed by atoms with Gasteiger partial charge in [-0.25, -0.2) is 0 Å². The maximum Gasteiger partial charge on any atom is 0.103 e. The van der Waals surface area contributed by atoms with Crippen LogP contribution in [-0.2, 0) is 0 Å². The highest BCUT2D eigenvalue weighted by Gasteiger charge is 2.10. The summed E-state index contributed by atoms with van der Waals surface area (Å²) >= 11 is 0. The van der Waals surface area contributed by atoms with Gasteiger partial charge in [0.2, 0.25) is 0 Å². The van der Waals surface area contributed by atoms with Crippen molar-refractivity contribution in [2.75, 3.05) is 29.9 Å². The van der Waals surface area contributed by atoms with Gasteiger partial charge in [0.15, 0.2) is 0 Å². The fraction of sp³-hybridized carbons (Fsp3) is 0.375. The van der Waals surface area contributed by atoms with Crippen molar-refractivity contribution in [3.8, 4) is 6.07 Å². The third kappa shape index (κ3) is 2.53. The molecule has 0 bridgehead atoms. The molecule has 0 aliphatic heterocycles. The van der Waals surface area contributed by atoms with Crippen LogP contribution in [0.1, 0.15) is 26.3 Å². The number of hydrogen-bond acceptors (Lipinski definition) is 4. The first-order valence-electron chi connectivity index (χ1n) is 7.06. The molecule has 0 radical (unpaired) electrons. The minimum absolute atomic E-state index is 0.594. The van der Waals surface area contributed by atoms with E-state index in [1.54, 1.807) is 6.20 Å². The van der Waals surface area contributed by atoms with E-state index in [4.69, 9.17) is 0 Å². The standard InChI is InChI=1S/C16H20N4/c1-4-18-16-12(10-17)11-19-15-8-7-13(9-14(15)16)20(5-2)6-3/h7-9,11H,4-6H2,1-3H3,(H,18,19). The summed E-state index contributed by atoms with van der Waals surface area (Å²) in [6, 6.07) is 8.44. The van der Waals surface area contributed by atoms with Crippen LogP contribution in [0.4, 0.5) is 11.4 Å². The van der Waals surface area contributed by atoms with Crippen molar-refractivity contribution in [1.82, 2.24) is 4.98 Å². The lowest BCUT2D eigenvalue weighted by atomic mass is 10.1. The Morgan fingerprint density at radius 3 is 2.60 bits per heavy atom. The Morgan fingerprint density at radius 1 is 1.25 bits per heavy atom. The zero-order chi connectivity index (χ0) is 14.5. The highest BCUT2D eigenvalue weighted by molar-refractivity contribution is 5.96. The van der Waals surface area contributed by atoms with E-state index >= 15 is 0 Å². The summed E-state index contributed by atoms with van der Waals surface area (Å²) in [5.41, 5.74) is 3.56. The van der Waals surface area contributed by atoms with Gasteiger partial charge in [-0.3, -0.25) is 4.98 Å². The van der Waals surface area contributed by atoms with Gasteiger partial charge in [-0.05, 0) is 39.0 Å². The molecule has 0 atom stereocenters. The molecule has 0 fully saturated rings. The molecule has 2 aromatic rings. The number of nitrogens with zero attached hydrogens (tertiary/aromatic N) is 3. The lowest BCUT2D eigenvalue weighted by Crippen LogP contribution is -2.21. The van der Waals surface area contributed by atoms with Crippen LogP contribution in [0.15, 0.2) is 24.4 Å². The first kappa shape index (κ1) is 14.1. The Morgan fingerprint density at radius 2 is 2.00 bits per heavy atom.